The molecule has 0 spiro atoms. The van der Waals surface area contributed by atoms with Crippen molar-refractivity contribution in [1.29, 1.82) is 5.41 Å². The summed E-state index contributed by atoms with van der Waals surface area (Å²) in [5, 5.41) is 18.5. The normalized spacial score (nSPS) is 12.3. The number of nitrogens with one attached hydrogen (secondary N) is 3. The number of nitrogen functional groups attached to an aromatic ring is 1. The van der Waals surface area contributed by atoms with Crippen molar-refractivity contribution in [3.63, 3.8) is 0 Å². The van der Waals surface area contributed by atoms with Crippen molar-refractivity contribution in [2.45, 2.75) is 17.4 Å². The third-order valence-corrected chi connectivity index (χ3v) is 8.44. The number of amides is 1. The van der Waals surface area contributed by atoms with Crippen molar-refractivity contribution in [2.75, 3.05) is 5.32 Å². The van der Waals surface area contributed by atoms with Gasteiger partial charge in [-0.15, -0.1) is 16.4 Å². The number of hydrogen-bond donors (Lipinski definition) is 4. The van der Waals surface area contributed by atoms with E-state index >= 15 is 0 Å². The summed E-state index contributed by atoms with van der Waals surface area (Å²) in [6.07, 6.45) is 1.74. The molecule has 3 aromatic carbocycles. The molecule has 2 heterocycles. The van der Waals surface area contributed by atoms with Gasteiger partial charge in [-0.25, -0.2) is 18.1 Å². The Morgan fingerprint density at radius 3 is 2.64 bits per heavy atom. The van der Waals surface area contributed by atoms with E-state index in [1.165, 1.54) is 34.3 Å². The Balaban J connectivity index is 1.45. The molecule has 39 heavy (non-hydrogen) atoms. The Bertz CT molecular complexity index is 1760. The molecule has 11 nitrogen and oxygen atoms in total. The van der Waals surface area contributed by atoms with Gasteiger partial charge in [-0.1, -0.05) is 41.6 Å². The number of aromatic nitrogens is 4. The van der Waals surface area contributed by atoms with Crippen LogP contribution < -0.4 is 15.8 Å². The topological polar surface area (TPSA) is 169 Å². The summed E-state index contributed by atoms with van der Waals surface area (Å²) in [4.78, 5) is 17.2. The van der Waals surface area contributed by atoms with E-state index in [-0.39, 0.29) is 22.8 Å². The molecule has 5 N–H and O–H groups in total. The van der Waals surface area contributed by atoms with Gasteiger partial charge in [-0.2, -0.15) is 0 Å². The van der Waals surface area contributed by atoms with Crippen LogP contribution in [0.2, 0.25) is 0 Å². The Morgan fingerprint density at radius 2 is 1.90 bits per heavy atom. The molecule has 0 aliphatic rings. The third-order valence-electron chi connectivity index (χ3n) is 5.82. The Labute approximate surface area is 228 Å². The number of carbonyl (C=O) groups excluding carboxylic acids is 1. The van der Waals surface area contributed by atoms with Gasteiger partial charge in [0.25, 0.3) is 5.91 Å². The average Bonchev–Trinajstić information content (AvgIpc) is 3.55. The number of sulfonamides is 1. The molecule has 1 unspecified atom stereocenters. The average molecular weight is 561 g/mol. The minimum absolute atomic E-state index is 0.0250. The fourth-order valence-corrected chi connectivity index (χ4v) is 6.30. The van der Waals surface area contributed by atoms with Crippen molar-refractivity contribution in [2.24, 2.45) is 12.8 Å². The van der Waals surface area contributed by atoms with Crippen LogP contribution in [0, 0.1) is 5.41 Å². The molecule has 1 atom stereocenters. The second-order valence-electron chi connectivity index (χ2n) is 8.77. The number of amidine groups is 1. The summed E-state index contributed by atoms with van der Waals surface area (Å²) in [6.45, 7) is 0. The van der Waals surface area contributed by atoms with Crippen molar-refractivity contribution in [1.82, 2.24) is 24.7 Å². The zero-order valence-corrected chi connectivity index (χ0v) is 22.3. The summed E-state index contributed by atoms with van der Waals surface area (Å²) in [5.41, 5.74) is 8.17. The lowest BCUT2D eigenvalue weighted by Crippen LogP contribution is -2.30. The first kappa shape index (κ1) is 26.2. The number of rotatable bonds is 9. The fourth-order valence-electron chi connectivity index (χ4n) is 3.96. The van der Waals surface area contributed by atoms with Crippen LogP contribution in [0.15, 0.2) is 83.9 Å². The maximum absolute atomic E-state index is 13.6. The van der Waals surface area contributed by atoms with Crippen LogP contribution in [0.5, 0.6) is 0 Å². The largest absolute Gasteiger partial charge is 0.384 e. The van der Waals surface area contributed by atoms with Crippen LogP contribution in [0.4, 0.5) is 5.69 Å². The van der Waals surface area contributed by atoms with Gasteiger partial charge in [-0.3, -0.25) is 14.9 Å². The first-order valence-electron chi connectivity index (χ1n) is 11.8. The lowest BCUT2D eigenvalue weighted by Gasteiger charge is -2.18. The number of para-hydroxylation sites is 1. The van der Waals surface area contributed by atoms with Gasteiger partial charge in [0.2, 0.25) is 10.0 Å². The molecule has 1 amide bonds. The van der Waals surface area contributed by atoms with Crippen LogP contribution in [0.3, 0.4) is 0 Å². The van der Waals surface area contributed by atoms with E-state index in [0.717, 1.165) is 15.8 Å². The number of nitrogens with two attached hydrogens (primary N) is 1. The molecule has 13 heteroatoms. The molecule has 0 bridgehead atoms. The molecular weight excluding hydrogens is 536 g/mol. The molecule has 0 aliphatic heterocycles. The van der Waals surface area contributed by atoms with Gasteiger partial charge < -0.3 is 11.1 Å². The second-order valence-corrected chi connectivity index (χ2v) is 11.5. The lowest BCUT2D eigenvalue weighted by atomic mass is 10.0. The molecule has 0 aliphatic carbocycles. The van der Waals surface area contributed by atoms with Crippen molar-refractivity contribution >= 4 is 49.0 Å². The van der Waals surface area contributed by atoms with Gasteiger partial charge in [0.1, 0.15) is 10.8 Å². The number of anilines is 1. The van der Waals surface area contributed by atoms with E-state index in [4.69, 9.17) is 11.1 Å². The first-order valence-corrected chi connectivity index (χ1v) is 14.1. The highest BCUT2D eigenvalue weighted by atomic mass is 32.2. The minimum atomic E-state index is -4.04. The highest BCUT2D eigenvalue weighted by Crippen LogP contribution is 2.30. The SMILES string of the molecule is Cn1cc(C(=O)Nc2cccc(S(=O)(=O)NC(Cc3cccc(C(=N)N)c3)c3nc4ccccc4s3)c2)nn1. The first-order chi connectivity index (χ1) is 18.7. The minimum Gasteiger partial charge on any atom is -0.384 e. The van der Waals surface area contributed by atoms with Crippen molar-refractivity contribution in [3.05, 3.63) is 101 Å². The summed E-state index contributed by atoms with van der Waals surface area (Å²) < 4.78 is 32.3. The lowest BCUT2D eigenvalue weighted by molar-refractivity contribution is 0.102. The van der Waals surface area contributed by atoms with E-state index in [9.17, 15) is 13.2 Å². The quantitative estimate of drug-likeness (QED) is 0.158. The summed E-state index contributed by atoms with van der Waals surface area (Å²) >= 11 is 1.41. The van der Waals surface area contributed by atoms with E-state index in [1.54, 1.807) is 37.4 Å². The highest BCUT2D eigenvalue weighted by Gasteiger charge is 2.25. The van der Waals surface area contributed by atoms with Crippen molar-refractivity contribution < 1.29 is 13.2 Å². The molecular formula is C26H24N8O3S2. The Morgan fingerprint density at radius 1 is 1.10 bits per heavy atom. The predicted molar refractivity (Wildman–Crippen MR) is 149 cm³/mol. The Hall–Kier alpha value is -4.46. The predicted octanol–water partition coefficient (Wildman–Crippen LogP) is 3.22. The number of thiazole rings is 1. The summed E-state index contributed by atoms with van der Waals surface area (Å²) in [6, 6.07) is 20.0. The van der Waals surface area contributed by atoms with Gasteiger partial charge in [0.15, 0.2) is 5.69 Å². The molecule has 198 valence electrons. The second kappa shape index (κ2) is 10.7. The number of hydrogen-bond acceptors (Lipinski definition) is 8. The number of aryl methyl sites for hydroxylation is 1. The summed E-state index contributed by atoms with van der Waals surface area (Å²) in [5.74, 6) is -0.586. The van der Waals surface area contributed by atoms with E-state index < -0.39 is 22.0 Å². The van der Waals surface area contributed by atoms with E-state index in [1.807, 2.05) is 30.3 Å². The fraction of sp³-hybridized carbons (Fsp3) is 0.115. The molecule has 0 fully saturated rings. The van der Waals surface area contributed by atoms with Crippen LogP contribution in [-0.4, -0.2) is 40.1 Å². The van der Waals surface area contributed by atoms with Gasteiger partial charge in [0.05, 0.1) is 27.4 Å². The monoisotopic (exact) mass is 560 g/mol. The van der Waals surface area contributed by atoms with Crippen LogP contribution in [0.1, 0.15) is 32.7 Å². The van der Waals surface area contributed by atoms with Gasteiger partial charge in [0, 0.05) is 18.3 Å². The van der Waals surface area contributed by atoms with Crippen LogP contribution in [-0.2, 0) is 23.5 Å². The van der Waals surface area contributed by atoms with Crippen LogP contribution in [0.25, 0.3) is 10.2 Å². The highest BCUT2D eigenvalue weighted by molar-refractivity contribution is 7.89. The Kier molecular flexibility index (Phi) is 7.19. The standard InChI is InChI=1S/C26H24N8O3S2/c1-34-15-22(31-33-34)25(35)29-18-8-5-9-19(14-18)39(36,37)32-21(13-16-6-4-7-17(12-16)24(27)28)26-30-20-10-2-3-11-23(20)38-26/h2-12,14-15,21,32H,13H2,1H3,(H3,27,28)(H,29,35). The molecule has 0 saturated heterocycles. The zero-order valence-electron chi connectivity index (χ0n) is 20.7. The smallest absolute Gasteiger partial charge is 0.277 e. The van der Waals surface area contributed by atoms with Gasteiger partial charge in [-0.05, 0) is 48.4 Å². The zero-order chi connectivity index (χ0) is 27.6. The molecule has 5 aromatic rings. The molecule has 0 radical (unpaired) electrons. The molecule has 5 rings (SSSR count). The molecule has 2 aromatic heterocycles. The third kappa shape index (κ3) is 6.00. The maximum atomic E-state index is 13.6. The maximum Gasteiger partial charge on any atom is 0.277 e. The molecule has 0 saturated carbocycles. The number of carbonyl (C=O) groups is 1. The number of nitrogens with zero attached hydrogens (tertiary/aromatic N) is 4. The number of fused-ring (bicyclic) bond motifs is 1. The van der Waals surface area contributed by atoms with E-state index in [0.29, 0.717) is 16.3 Å². The van der Waals surface area contributed by atoms with E-state index in [2.05, 4.69) is 25.3 Å². The number of benzene rings is 3. The van der Waals surface area contributed by atoms with Gasteiger partial charge >= 0.3 is 0 Å². The van der Waals surface area contributed by atoms with Crippen LogP contribution >= 0.6 is 11.3 Å². The summed E-state index contributed by atoms with van der Waals surface area (Å²) in [7, 11) is -2.40. The van der Waals surface area contributed by atoms with Crippen molar-refractivity contribution in [3.8, 4) is 0 Å².